The third kappa shape index (κ3) is 6.79. The second-order valence-electron chi connectivity index (χ2n) is 3.79. The minimum absolute atomic E-state index is 0. The highest BCUT2D eigenvalue weighted by molar-refractivity contribution is 5.94. The Bertz CT molecular complexity index is 322. The smallest absolute Gasteiger partial charge is 0.253 e. The van der Waals surface area contributed by atoms with Crippen LogP contribution in [0.5, 0.6) is 0 Å². The van der Waals surface area contributed by atoms with Crippen LogP contribution in [0.3, 0.4) is 0 Å². The molecule has 3 N–H and O–H groups in total. The Morgan fingerprint density at radius 2 is 2.22 bits per heavy atom. The molecule has 0 saturated carbocycles. The Labute approximate surface area is 121 Å². The van der Waals surface area contributed by atoms with E-state index < -0.39 is 0 Å². The first-order valence-corrected chi connectivity index (χ1v) is 5.69. The number of amides is 1. The third-order valence-corrected chi connectivity index (χ3v) is 2.45. The number of unbranched alkanes of at least 4 members (excludes halogenated alkanes) is 1. The zero-order chi connectivity index (χ0) is 11.8. The predicted molar refractivity (Wildman–Crippen MR) is 78.6 cm³/mol. The number of hydrogen-bond donors (Lipinski definition) is 2. The Morgan fingerprint density at radius 1 is 1.50 bits per heavy atom. The molecule has 104 valence electrons. The van der Waals surface area contributed by atoms with Gasteiger partial charge in [0.2, 0.25) is 0 Å². The number of carbonyl (C=O) groups excluding carboxylic acids is 1. The van der Waals surface area contributed by atoms with E-state index in [1.165, 1.54) is 0 Å². The molecule has 0 spiro atoms. The number of nitrogens with two attached hydrogens (primary N) is 1. The Morgan fingerprint density at radius 3 is 2.72 bits per heavy atom. The summed E-state index contributed by atoms with van der Waals surface area (Å²) in [7, 11) is 0. The van der Waals surface area contributed by atoms with E-state index in [1.807, 2.05) is 0 Å². The van der Waals surface area contributed by atoms with Crippen molar-refractivity contribution in [2.45, 2.75) is 32.2 Å². The fourth-order valence-electron chi connectivity index (χ4n) is 1.47. The fourth-order valence-corrected chi connectivity index (χ4v) is 1.47. The van der Waals surface area contributed by atoms with Crippen molar-refractivity contribution in [2.24, 2.45) is 5.73 Å². The normalized spacial score (nSPS) is 10.8. The maximum absolute atomic E-state index is 11.8. The van der Waals surface area contributed by atoms with E-state index in [2.05, 4.69) is 17.2 Å². The van der Waals surface area contributed by atoms with Crippen molar-refractivity contribution < 1.29 is 4.79 Å². The van der Waals surface area contributed by atoms with Gasteiger partial charge in [-0.15, -0.1) is 24.8 Å². The highest BCUT2D eigenvalue weighted by Crippen LogP contribution is 2.02. The van der Waals surface area contributed by atoms with Crippen molar-refractivity contribution in [3.63, 3.8) is 0 Å². The first-order valence-electron chi connectivity index (χ1n) is 5.69. The van der Waals surface area contributed by atoms with Gasteiger partial charge in [0.25, 0.3) is 5.91 Å². The van der Waals surface area contributed by atoms with Crippen LogP contribution in [0, 0.1) is 0 Å². The molecule has 0 aliphatic rings. The SMILES string of the molecule is CCCCC(CN)NC(=O)c1cccnc1.Cl.Cl. The maximum atomic E-state index is 11.8. The summed E-state index contributed by atoms with van der Waals surface area (Å²) in [4.78, 5) is 15.7. The number of nitrogens with one attached hydrogen (secondary N) is 1. The van der Waals surface area contributed by atoms with Gasteiger partial charge in [0.15, 0.2) is 0 Å². The van der Waals surface area contributed by atoms with Crippen molar-refractivity contribution in [3.05, 3.63) is 30.1 Å². The number of rotatable bonds is 6. The lowest BCUT2D eigenvalue weighted by Crippen LogP contribution is -2.40. The number of halogens is 2. The molecule has 4 nitrogen and oxygen atoms in total. The van der Waals surface area contributed by atoms with Crippen LogP contribution in [-0.4, -0.2) is 23.5 Å². The van der Waals surface area contributed by atoms with Crippen LogP contribution in [0.25, 0.3) is 0 Å². The molecule has 6 heteroatoms. The van der Waals surface area contributed by atoms with Crippen molar-refractivity contribution in [1.29, 1.82) is 0 Å². The molecule has 18 heavy (non-hydrogen) atoms. The molecule has 0 saturated heterocycles. The van der Waals surface area contributed by atoms with Gasteiger partial charge in [-0.1, -0.05) is 19.8 Å². The van der Waals surface area contributed by atoms with Crippen LogP contribution in [0.2, 0.25) is 0 Å². The summed E-state index contributed by atoms with van der Waals surface area (Å²) in [5.41, 5.74) is 6.19. The second-order valence-corrected chi connectivity index (χ2v) is 3.79. The van der Waals surface area contributed by atoms with E-state index in [0.717, 1.165) is 19.3 Å². The van der Waals surface area contributed by atoms with Crippen LogP contribution in [0.1, 0.15) is 36.5 Å². The monoisotopic (exact) mass is 293 g/mol. The zero-order valence-electron chi connectivity index (χ0n) is 10.5. The molecule has 0 aliphatic heterocycles. The van der Waals surface area contributed by atoms with Crippen LogP contribution >= 0.6 is 24.8 Å². The minimum atomic E-state index is -0.0975. The number of aromatic nitrogens is 1. The van der Waals surface area contributed by atoms with Crippen molar-refractivity contribution >= 4 is 30.7 Å². The molecule has 1 amide bonds. The number of nitrogens with zero attached hydrogens (tertiary/aromatic N) is 1. The van der Waals surface area contributed by atoms with Crippen molar-refractivity contribution in [2.75, 3.05) is 6.54 Å². The first-order chi connectivity index (χ1) is 7.77. The highest BCUT2D eigenvalue weighted by atomic mass is 35.5. The molecule has 1 aromatic rings. The van der Waals surface area contributed by atoms with Crippen LogP contribution in [-0.2, 0) is 0 Å². The number of carbonyl (C=O) groups is 1. The zero-order valence-corrected chi connectivity index (χ0v) is 12.1. The lowest BCUT2D eigenvalue weighted by Gasteiger charge is -2.16. The molecule has 1 rings (SSSR count). The number of hydrogen-bond acceptors (Lipinski definition) is 3. The largest absolute Gasteiger partial charge is 0.348 e. The van der Waals surface area contributed by atoms with Crippen LogP contribution in [0.15, 0.2) is 24.5 Å². The Kier molecular flexibility index (Phi) is 12.2. The summed E-state index contributed by atoms with van der Waals surface area (Å²) in [6.07, 6.45) is 6.32. The molecule has 0 bridgehead atoms. The Hall–Kier alpha value is -0.840. The number of pyridine rings is 1. The van der Waals surface area contributed by atoms with Gasteiger partial charge in [-0.2, -0.15) is 0 Å². The lowest BCUT2D eigenvalue weighted by atomic mass is 10.1. The summed E-state index contributed by atoms with van der Waals surface area (Å²) in [6, 6.07) is 3.56. The standard InChI is InChI=1S/C12H19N3O.2ClH/c1-2-3-6-11(8-13)15-12(16)10-5-4-7-14-9-10;;/h4-5,7,9,11H,2-3,6,8,13H2,1H3,(H,15,16);2*1H. The molecule has 0 aromatic carbocycles. The predicted octanol–water partition coefficient (Wildman–Crippen LogP) is 2.17. The van der Waals surface area contributed by atoms with Gasteiger partial charge in [-0.05, 0) is 18.6 Å². The fraction of sp³-hybridized carbons (Fsp3) is 0.500. The van der Waals surface area contributed by atoms with Gasteiger partial charge >= 0.3 is 0 Å². The molecule has 0 radical (unpaired) electrons. The molecule has 0 fully saturated rings. The summed E-state index contributed by atoms with van der Waals surface area (Å²) in [5.74, 6) is -0.0975. The van der Waals surface area contributed by atoms with Crippen LogP contribution < -0.4 is 11.1 Å². The second kappa shape index (κ2) is 11.3. The van der Waals surface area contributed by atoms with Gasteiger partial charge in [0, 0.05) is 25.0 Å². The van der Waals surface area contributed by atoms with Gasteiger partial charge in [0.05, 0.1) is 5.56 Å². The van der Waals surface area contributed by atoms with E-state index in [-0.39, 0.29) is 36.8 Å². The van der Waals surface area contributed by atoms with Gasteiger partial charge in [-0.3, -0.25) is 9.78 Å². The summed E-state index contributed by atoms with van der Waals surface area (Å²) in [5, 5.41) is 2.91. The molecule has 1 unspecified atom stereocenters. The summed E-state index contributed by atoms with van der Waals surface area (Å²) >= 11 is 0. The highest BCUT2D eigenvalue weighted by Gasteiger charge is 2.11. The molecule has 1 atom stereocenters. The maximum Gasteiger partial charge on any atom is 0.253 e. The lowest BCUT2D eigenvalue weighted by molar-refractivity contribution is 0.0935. The van der Waals surface area contributed by atoms with E-state index in [9.17, 15) is 4.79 Å². The quantitative estimate of drug-likeness (QED) is 0.845. The topological polar surface area (TPSA) is 68.0 Å². The molecule has 1 aromatic heterocycles. The van der Waals surface area contributed by atoms with Gasteiger partial charge < -0.3 is 11.1 Å². The van der Waals surface area contributed by atoms with E-state index in [4.69, 9.17) is 5.73 Å². The Balaban J connectivity index is 0. The van der Waals surface area contributed by atoms with E-state index >= 15 is 0 Å². The summed E-state index contributed by atoms with van der Waals surface area (Å²) in [6.45, 7) is 2.60. The summed E-state index contributed by atoms with van der Waals surface area (Å²) < 4.78 is 0. The molecular weight excluding hydrogens is 273 g/mol. The average molecular weight is 294 g/mol. The van der Waals surface area contributed by atoms with Crippen LogP contribution in [0.4, 0.5) is 0 Å². The first kappa shape index (κ1) is 19.5. The average Bonchev–Trinajstić information content (AvgIpc) is 2.35. The van der Waals surface area contributed by atoms with E-state index in [1.54, 1.807) is 24.5 Å². The van der Waals surface area contributed by atoms with Crippen molar-refractivity contribution in [3.8, 4) is 0 Å². The molecule has 0 aliphatic carbocycles. The van der Waals surface area contributed by atoms with Gasteiger partial charge in [0.1, 0.15) is 0 Å². The van der Waals surface area contributed by atoms with Gasteiger partial charge in [-0.25, -0.2) is 0 Å². The third-order valence-electron chi connectivity index (χ3n) is 2.45. The molecular formula is C12H21Cl2N3O. The van der Waals surface area contributed by atoms with Crippen molar-refractivity contribution in [1.82, 2.24) is 10.3 Å². The minimum Gasteiger partial charge on any atom is -0.348 e. The molecule has 1 heterocycles. The van der Waals surface area contributed by atoms with E-state index in [0.29, 0.717) is 12.1 Å².